The second kappa shape index (κ2) is 11.6. The molecule has 140 valence electrons. The van der Waals surface area contributed by atoms with E-state index in [1.165, 1.54) is 16.8 Å². The Kier molecular flexibility index (Phi) is 9.42. The first-order chi connectivity index (χ1) is 12.5. The van der Waals surface area contributed by atoms with E-state index in [0.717, 1.165) is 26.2 Å². The SMILES string of the molecule is CCN(CC)c1ccc(CNCc2cccnc2)cc1.O=C(O)C(=O)O. The van der Waals surface area contributed by atoms with E-state index in [2.05, 4.69) is 59.4 Å². The van der Waals surface area contributed by atoms with Gasteiger partial charge in [0.05, 0.1) is 0 Å². The summed E-state index contributed by atoms with van der Waals surface area (Å²) >= 11 is 0. The standard InChI is InChI=1S/C17H23N3.C2H2O4/c1-3-20(4-2)17-9-7-15(8-10-17)12-19-14-16-6-5-11-18-13-16;3-1(4)2(5)6/h5-11,13,19H,3-4,12,14H2,1-2H3;(H,3,4)(H,5,6). The highest BCUT2D eigenvalue weighted by atomic mass is 16.4. The largest absolute Gasteiger partial charge is 0.473 e. The number of carbonyl (C=O) groups is 2. The molecule has 7 heteroatoms. The van der Waals surface area contributed by atoms with E-state index in [9.17, 15) is 0 Å². The molecular formula is C19H25N3O4. The number of rotatable bonds is 7. The van der Waals surface area contributed by atoms with Gasteiger partial charge in [0.25, 0.3) is 0 Å². The van der Waals surface area contributed by atoms with E-state index >= 15 is 0 Å². The quantitative estimate of drug-likeness (QED) is 0.652. The summed E-state index contributed by atoms with van der Waals surface area (Å²) in [6, 6.07) is 12.9. The predicted molar refractivity (Wildman–Crippen MR) is 100 cm³/mol. The summed E-state index contributed by atoms with van der Waals surface area (Å²) in [5.41, 5.74) is 3.82. The van der Waals surface area contributed by atoms with Gasteiger partial charge in [-0.2, -0.15) is 0 Å². The van der Waals surface area contributed by atoms with Gasteiger partial charge in [0.15, 0.2) is 0 Å². The molecule has 1 heterocycles. The molecule has 0 aliphatic carbocycles. The molecule has 0 spiro atoms. The van der Waals surface area contributed by atoms with Crippen molar-refractivity contribution in [3.8, 4) is 0 Å². The predicted octanol–water partition coefficient (Wildman–Crippen LogP) is 2.37. The van der Waals surface area contributed by atoms with Gasteiger partial charge in [0, 0.05) is 44.3 Å². The van der Waals surface area contributed by atoms with Gasteiger partial charge in [0.1, 0.15) is 0 Å². The number of anilines is 1. The molecule has 1 aromatic heterocycles. The van der Waals surface area contributed by atoms with Crippen LogP contribution in [-0.4, -0.2) is 40.2 Å². The Labute approximate surface area is 153 Å². The number of carboxylic acids is 2. The van der Waals surface area contributed by atoms with Crippen LogP contribution in [0.4, 0.5) is 5.69 Å². The molecule has 2 aromatic rings. The van der Waals surface area contributed by atoms with Crippen LogP contribution in [0.5, 0.6) is 0 Å². The molecule has 26 heavy (non-hydrogen) atoms. The van der Waals surface area contributed by atoms with Gasteiger partial charge in [-0.15, -0.1) is 0 Å². The minimum Gasteiger partial charge on any atom is -0.473 e. The fourth-order valence-corrected chi connectivity index (χ4v) is 2.27. The average Bonchev–Trinajstić information content (AvgIpc) is 2.65. The summed E-state index contributed by atoms with van der Waals surface area (Å²) in [6.07, 6.45) is 3.70. The molecule has 0 saturated carbocycles. The zero-order valence-corrected chi connectivity index (χ0v) is 15.1. The maximum Gasteiger partial charge on any atom is 0.414 e. The Balaban J connectivity index is 0.000000487. The number of hydrogen-bond acceptors (Lipinski definition) is 5. The third-order valence-corrected chi connectivity index (χ3v) is 3.63. The number of benzene rings is 1. The van der Waals surface area contributed by atoms with Crippen LogP contribution in [-0.2, 0) is 22.7 Å². The molecule has 7 nitrogen and oxygen atoms in total. The monoisotopic (exact) mass is 359 g/mol. The first kappa shape index (κ1) is 21.1. The zero-order chi connectivity index (χ0) is 19.4. The number of aromatic nitrogens is 1. The zero-order valence-electron chi connectivity index (χ0n) is 15.1. The highest BCUT2D eigenvalue weighted by molar-refractivity contribution is 6.27. The van der Waals surface area contributed by atoms with Crippen molar-refractivity contribution in [2.24, 2.45) is 0 Å². The molecule has 3 N–H and O–H groups in total. The molecule has 0 aliphatic rings. The highest BCUT2D eigenvalue weighted by Crippen LogP contribution is 2.14. The first-order valence-corrected chi connectivity index (χ1v) is 8.37. The van der Waals surface area contributed by atoms with Crippen molar-refractivity contribution in [1.82, 2.24) is 10.3 Å². The van der Waals surface area contributed by atoms with Crippen molar-refractivity contribution in [3.63, 3.8) is 0 Å². The van der Waals surface area contributed by atoms with E-state index in [1.54, 1.807) is 6.20 Å². The summed E-state index contributed by atoms with van der Waals surface area (Å²) < 4.78 is 0. The lowest BCUT2D eigenvalue weighted by Gasteiger charge is -2.21. The van der Waals surface area contributed by atoms with Gasteiger partial charge in [-0.1, -0.05) is 18.2 Å². The van der Waals surface area contributed by atoms with Crippen molar-refractivity contribution in [2.75, 3.05) is 18.0 Å². The molecule has 0 atom stereocenters. The maximum absolute atomic E-state index is 9.10. The van der Waals surface area contributed by atoms with Crippen LogP contribution in [0.15, 0.2) is 48.8 Å². The molecule has 0 radical (unpaired) electrons. The van der Waals surface area contributed by atoms with Crippen molar-refractivity contribution >= 4 is 17.6 Å². The summed E-state index contributed by atoms with van der Waals surface area (Å²) in [5, 5.41) is 18.2. The smallest absolute Gasteiger partial charge is 0.414 e. The van der Waals surface area contributed by atoms with E-state index in [4.69, 9.17) is 19.8 Å². The fraction of sp³-hybridized carbons (Fsp3) is 0.316. The van der Waals surface area contributed by atoms with Crippen molar-refractivity contribution < 1.29 is 19.8 Å². The van der Waals surface area contributed by atoms with Crippen LogP contribution < -0.4 is 10.2 Å². The normalized spacial score (nSPS) is 9.77. The Morgan fingerprint density at radius 2 is 1.54 bits per heavy atom. The fourth-order valence-electron chi connectivity index (χ4n) is 2.27. The van der Waals surface area contributed by atoms with Crippen molar-refractivity contribution in [1.29, 1.82) is 0 Å². The summed E-state index contributed by atoms with van der Waals surface area (Å²) in [6.45, 7) is 8.21. The Hall–Kier alpha value is -2.93. The Morgan fingerprint density at radius 3 is 2.00 bits per heavy atom. The van der Waals surface area contributed by atoms with Crippen LogP contribution in [0.2, 0.25) is 0 Å². The van der Waals surface area contributed by atoms with Crippen molar-refractivity contribution in [3.05, 3.63) is 59.9 Å². The van der Waals surface area contributed by atoms with Gasteiger partial charge in [-0.25, -0.2) is 9.59 Å². The van der Waals surface area contributed by atoms with Crippen LogP contribution in [0, 0.1) is 0 Å². The first-order valence-electron chi connectivity index (χ1n) is 8.37. The van der Waals surface area contributed by atoms with Gasteiger partial charge in [0.2, 0.25) is 0 Å². The summed E-state index contributed by atoms with van der Waals surface area (Å²) in [4.78, 5) is 24.7. The molecule has 0 unspecified atom stereocenters. The lowest BCUT2D eigenvalue weighted by Crippen LogP contribution is -2.21. The minimum atomic E-state index is -1.82. The van der Waals surface area contributed by atoms with Gasteiger partial charge < -0.3 is 20.4 Å². The Morgan fingerprint density at radius 1 is 0.962 bits per heavy atom. The summed E-state index contributed by atoms with van der Waals surface area (Å²) in [5.74, 6) is -3.65. The van der Waals surface area contributed by atoms with Crippen LogP contribution in [0.1, 0.15) is 25.0 Å². The number of nitrogens with zero attached hydrogens (tertiary/aromatic N) is 2. The topological polar surface area (TPSA) is 103 Å². The lowest BCUT2D eigenvalue weighted by atomic mass is 10.2. The molecule has 1 aromatic carbocycles. The number of nitrogens with one attached hydrogen (secondary N) is 1. The molecule has 2 rings (SSSR count). The van der Waals surface area contributed by atoms with Crippen molar-refractivity contribution in [2.45, 2.75) is 26.9 Å². The van der Waals surface area contributed by atoms with E-state index in [0.29, 0.717) is 0 Å². The molecule has 0 fully saturated rings. The summed E-state index contributed by atoms with van der Waals surface area (Å²) in [7, 11) is 0. The van der Waals surface area contributed by atoms with E-state index < -0.39 is 11.9 Å². The van der Waals surface area contributed by atoms with Gasteiger partial charge >= 0.3 is 11.9 Å². The third kappa shape index (κ3) is 7.76. The lowest BCUT2D eigenvalue weighted by molar-refractivity contribution is -0.159. The molecular weight excluding hydrogens is 334 g/mol. The third-order valence-electron chi connectivity index (χ3n) is 3.63. The Bertz CT molecular complexity index is 659. The average molecular weight is 359 g/mol. The number of hydrogen-bond donors (Lipinski definition) is 3. The van der Waals surface area contributed by atoms with Crippen LogP contribution in [0.3, 0.4) is 0 Å². The van der Waals surface area contributed by atoms with E-state index in [-0.39, 0.29) is 0 Å². The molecule has 0 saturated heterocycles. The molecule has 0 aliphatic heterocycles. The van der Waals surface area contributed by atoms with Crippen LogP contribution >= 0.6 is 0 Å². The molecule has 0 bridgehead atoms. The van der Waals surface area contributed by atoms with Gasteiger partial charge in [-0.05, 0) is 43.2 Å². The van der Waals surface area contributed by atoms with Gasteiger partial charge in [-0.3, -0.25) is 4.98 Å². The molecule has 0 amide bonds. The maximum atomic E-state index is 9.10. The second-order valence-corrected chi connectivity index (χ2v) is 5.41. The second-order valence-electron chi connectivity index (χ2n) is 5.41. The van der Waals surface area contributed by atoms with Crippen LogP contribution in [0.25, 0.3) is 0 Å². The number of aliphatic carboxylic acids is 2. The minimum absolute atomic E-state index is 0.853. The number of pyridine rings is 1. The van der Waals surface area contributed by atoms with E-state index in [1.807, 2.05) is 12.3 Å². The highest BCUT2D eigenvalue weighted by Gasteiger charge is 2.04. The number of carboxylic acid groups (broad SMARTS) is 2.